The summed E-state index contributed by atoms with van der Waals surface area (Å²) >= 11 is 0. The number of likely N-dealkylation sites (tertiary alicyclic amines) is 1. The van der Waals surface area contributed by atoms with Crippen LogP contribution in [0.5, 0.6) is 0 Å². The van der Waals surface area contributed by atoms with Gasteiger partial charge >= 0.3 is 12.0 Å². The van der Waals surface area contributed by atoms with Gasteiger partial charge in [-0.25, -0.2) is 4.79 Å². The standard InChI is InChI=1S/C13H24N2O5/c1-4-9(5-12(16)17)6-14-13(18)15-7-10(19-2)11(8-15)20-3/h9-11H,4-8H2,1-3H3,(H,14,18)(H,16,17). The number of carboxylic acids is 1. The Morgan fingerprint density at radius 2 is 1.85 bits per heavy atom. The second-order valence-electron chi connectivity index (χ2n) is 5.01. The molecule has 2 N–H and O–H groups in total. The van der Waals surface area contributed by atoms with Crippen molar-refractivity contribution in [2.75, 3.05) is 33.9 Å². The Morgan fingerprint density at radius 1 is 1.30 bits per heavy atom. The smallest absolute Gasteiger partial charge is 0.317 e. The van der Waals surface area contributed by atoms with Gasteiger partial charge in [0.05, 0.1) is 13.1 Å². The van der Waals surface area contributed by atoms with Crippen LogP contribution in [0.15, 0.2) is 0 Å². The van der Waals surface area contributed by atoms with Gasteiger partial charge < -0.3 is 24.8 Å². The molecule has 0 bridgehead atoms. The molecule has 7 nitrogen and oxygen atoms in total. The Hall–Kier alpha value is -1.34. The van der Waals surface area contributed by atoms with E-state index < -0.39 is 5.97 Å². The van der Waals surface area contributed by atoms with E-state index in [-0.39, 0.29) is 30.6 Å². The highest BCUT2D eigenvalue weighted by molar-refractivity contribution is 5.74. The van der Waals surface area contributed by atoms with E-state index in [0.717, 1.165) is 0 Å². The van der Waals surface area contributed by atoms with Crippen molar-refractivity contribution in [1.82, 2.24) is 10.2 Å². The average molecular weight is 288 g/mol. The van der Waals surface area contributed by atoms with Gasteiger partial charge in [-0.2, -0.15) is 0 Å². The molecule has 0 aromatic carbocycles. The number of carboxylic acid groups (broad SMARTS) is 1. The summed E-state index contributed by atoms with van der Waals surface area (Å²) in [5.41, 5.74) is 0. The Balaban J connectivity index is 2.41. The van der Waals surface area contributed by atoms with E-state index in [0.29, 0.717) is 26.1 Å². The molecule has 0 radical (unpaired) electrons. The summed E-state index contributed by atoms with van der Waals surface area (Å²) in [5.74, 6) is -0.887. The van der Waals surface area contributed by atoms with Gasteiger partial charge in [-0.1, -0.05) is 13.3 Å². The highest BCUT2D eigenvalue weighted by atomic mass is 16.5. The summed E-state index contributed by atoms with van der Waals surface area (Å²) in [6.45, 7) is 3.25. The highest BCUT2D eigenvalue weighted by Crippen LogP contribution is 2.16. The molecular formula is C13H24N2O5. The number of aliphatic carboxylic acids is 1. The summed E-state index contributed by atoms with van der Waals surface area (Å²) in [6, 6.07) is -0.199. The second-order valence-corrected chi connectivity index (χ2v) is 5.01. The van der Waals surface area contributed by atoms with Crippen molar-refractivity contribution in [3.05, 3.63) is 0 Å². The molecule has 7 heteroatoms. The maximum absolute atomic E-state index is 12.0. The summed E-state index contributed by atoms with van der Waals surface area (Å²) in [4.78, 5) is 24.3. The first-order valence-electron chi connectivity index (χ1n) is 6.81. The van der Waals surface area contributed by atoms with E-state index in [4.69, 9.17) is 14.6 Å². The average Bonchev–Trinajstić information content (AvgIpc) is 2.85. The minimum atomic E-state index is -0.842. The topological polar surface area (TPSA) is 88.1 Å². The fraction of sp³-hybridized carbons (Fsp3) is 0.846. The number of nitrogens with one attached hydrogen (secondary N) is 1. The van der Waals surface area contributed by atoms with E-state index >= 15 is 0 Å². The summed E-state index contributed by atoms with van der Waals surface area (Å²) in [6.07, 6.45) is 0.546. The quantitative estimate of drug-likeness (QED) is 0.714. The Morgan fingerprint density at radius 3 is 2.25 bits per heavy atom. The van der Waals surface area contributed by atoms with Crippen molar-refractivity contribution >= 4 is 12.0 Å². The lowest BCUT2D eigenvalue weighted by atomic mass is 10.0. The lowest BCUT2D eigenvalue weighted by Crippen LogP contribution is -2.41. The van der Waals surface area contributed by atoms with Crippen LogP contribution in [0, 0.1) is 5.92 Å². The monoisotopic (exact) mass is 288 g/mol. The number of carbonyl (C=O) groups is 2. The van der Waals surface area contributed by atoms with E-state index in [1.54, 1.807) is 19.1 Å². The lowest BCUT2D eigenvalue weighted by Gasteiger charge is -2.19. The van der Waals surface area contributed by atoms with Crippen LogP contribution < -0.4 is 5.32 Å². The first kappa shape index (κ1) is 16.7. The molecule has 1 heterocycles. The number of urea groups is 1. The van der Waals surface area contributed by atoms with Crippen LogP contribution in [-0.4, -0.2) is 68.1 Å². The van der Waals surface area contributed by atoms with Gasteiger partial charge in [0.15, 0.2) is 0 Å². The van der Waals surface area contributed by atoms with Crippen molar-refractivity contribution in [3.63, 3.8) is 0 Å². The van der Waals surface area contributed by atoms with Crippen molar-refractivity contribution < 1.29 is 24.2 Å². The molecule has 1 fully saturated rings. The number of carbonyl (C=O) groups excluding carboxylic acids is 1. The molecule has 1 aliphatic heterocycles. The van der Waals surface area contributed by atoms with Crippen molar-refractivity contribution in [2.24, 2.45) is 5.92 Å². The number of rotatable bonds is 7. The van der Waals surface area contributed by atoms with Crippen molar-refractivity contribution in [3.8, 4) is 0 Å². The number of nitrogens with zero attached hydrogens (tertiary/aromatic N) is 1. The second kappa shape index (κ2) is 8.06. The predicted octanol–water partition coefficient (Wildman–Crippen LogP) is 0.543. The number of hydrogen-bond donors (Lipinski definition) is 2. The van der Waals surface area contributed by atoms with E-state index in [1.165, 1.54) is 0 Å². The van der Waals surface area contributed by atoms with Crippen molar-refractivity contribution in [2.45, 2.75) is 32.0 Å². The molecule has 0 aromatic rings. The van der Waals surface area contributed by atoms with Crippen LogP contribution in [0.3, 0.4) is 0 Å². The number of hydrogen-bond acceptors (Lipinski definition) is 4. The zero-order valence-corrected chi connectivity index (χ0v) is 12.3. The van der Waals surface area contributed by atoms with E-state index in [2.05, 4.69) is 5.32 Å². The zero-order valence-electron chi connectivity index (χ0n) is 12.3. The fourth-order valence-corrected chi connectivity index (χ4v) is 2.31. The van der Waals surface area contributed by atoms with Crippen molar-refractivity contribution in [1.29, 1.82) is 0 Å². The molecule has 1 aliphatic rings. The first-order chi connectivity index (χ1) is 9.51. The Bertz CT molecular complexity index is 325. The summed E-state index contributed by atoms with van der Waals surface area (Å²) in [5, 5.41) is 11.6. The van der Waals surface area contributed by atoms with Gasteiger partial charge in [0.1, 0.15) is 12.2 Å². The van der Waals surface area contributed by atoms with Crippen LogP contribution in [0.1, 0.15) is 19.8 Å². The normalized spacial score (nSPS) is 23.6. The number of methoxy groups -OCH3 is 2. The minimum Gasteiger partial charge on any atom is -0.481 e. The molecule has 1 rings (SSSR count). The number of ether oxygens (including phenoxy) is 2. The van der Waals surface area contributed by atoms with Crippen LogP contribution >= 0.6 is 0 Å². The molecule has 1 saturated heterocycles. The zero-order chi connectivity index (χ0) is 15.1. The summed E-state index contributed by atoms with van der Waals surface area (Å²) < 4.78 is 10.5. The molecule has 116 valence electrons. The van der Waals surface area contributed by atoms with Crippen LogP contribution in [0.4, 0.5) is 4.79 Å². The Labute approximate surface area is 119 Å². The maximum Gasteiger partial charge on any atom is 0.317 e. The molecule has 0 aromatic heterocycles. The molecule has 3 unspecified atom stereocenters. The van der Waals surface area contributed by atoms with Crippen LogP contribution in [-0.2, 0) is 14.3 Å². The third kappa shape index (κ3) is 4.64. The third-order valence-electron chi connectivity index (χ3n) is 3.69. The fourth-order valence-electron chi connectivity index (χ4n) is 2.31. The van der Waals surface area contributed by atoms with E-state index in [1.807, 2.05) is 6.92 Å². The molecule has 0 spiro atoms. The lowest BCUT2D eigenvalue weighted by molar-refractivity contribution is -0.138. The largest absolute Gasteiger partial charge is 0.481 e. The number of amides is 2. The molecule has 20 heavy (non-hydrogen) atoms. The Kier molecular flexibility index (Phi) is 6.74. The van der Waals surface area contributed by atoms with Crippen LogP contribution in [0.25, 0.3) is 0 Å². The van der Waals surface area contributed by atoms with Gasteiger partial charge in [0.25, 0.3) is 0 Å². The predicted molar refractivity (Wildman–Crippen MR) is 72.6 cm³/mol. The molecule has 0 saturated carbocycles. The third-order valence-corrected chi connectivity index (χ3v) is 3.69. The molecule has 0 aliphatic carbocycles. The van der Waals surface area contributed by atoms with Gasteiger partial charge in [-0.15, -0.1) is 0 Å². The first-order valence-corrected chi connectivity index (χ1v) is 6.81. The van der Waals surface area contributed by atoms with Gasteiger partial charge in [0.2, 0.25) is 0 Å². The molecule has 2 amide bonds. The van der Waals surface area contributed by atoms with Gasteiger partial charge in [-0.3, -0.25) is 4.79 Å². The molecule has 3 atom stereocenters. The highest BCUT2D eigenvalue weighted by Gasteiger charge is 2.35. The van der Waals surface area contributed by atoms with Gasteiger partial charge in [0, 0.05) is 27.2 Å². The van der Waals surface area contributed by atoms with Gasteiger partial charge in [-0.05, 0) is 5.92 Å². The van der Waals surface area contributed by atoms with E-state index in [9.17, 15) is 9.59 Å². The van der Waals surface area contributed by atoms with Crippen LogP contribution in [0.2, 0.25) is 0 Å². The maximum atomic E-state index is 12.0. The minimum absolute atomic E-state index is 0.0458. The summed E-state index contributed by atoms with van der Waals surface area (Å²) in [7, 11) is 3.19. The molecular weight excluding hydrogens is 264 g/mol. The SMILES string of the molecule is CCC(CNC(=O)N1CC(OC)C(OC)C1)CC(=O)O.